The van der Waals surface area contributed by atoms with E-state index in [0.717, 1.165) is 23.7 Å². The number of carboxylic acid groups (broad SMARTS) is 1. The first-order valence-corrected chi connectivity index (χ1v) is 15.1. The second kappa shape index (κ2) is 17.2. The second-order valence-corrected chi connectivity index (χ2v) is 11.1. The SMILES string of the molecule is COCCOc1ccc(NC(=O)OCc2cn(-c3ccc(O[C@]4(C(=O)O)C[C@H](O)[C@@H](NC(C)=O)[C@H]([C@H](O)[C@H](O)CO)O4)c(C(F)F)c3)nn2)cn1. The molecular weight excluding hydrogens is 690 g/mol. The van der Waals surface area contributed by atoms with Crippen LogP contribution in [0, 0.1) is 0 Å². The van der Waals surface area contributed by atoms with Crippen LogP contribution in [0.3, 0.4) is 0 Å². The average Bonchev–Trinajstić information content (AvgIpc) is 3.57. The lowest BCUT2D eigenvalue weighted by molar-refractivity contribution is -0.284. The van der Waals surface area contributed by atoms with Crippen molar-refractivity contribution in [2.45, 2.75) is 62.6 Å². The van der Waals surface area contributed by atoms with Crippen molar-refractivity contribution in [3.63, 3.8) is 0 Å². The highest BCUT2D eigenvalue weighted by Gasteiger charge is 2.57. The van der Waals surface area contributed by atoms with Gasteiger partial charge < -0.3 is 54.5 Å². The molecule has 1 aromatic carbocycles. The number of hydrogen-bond donors (Lipinski definition) is 7. The third-order valence-electron chi connectivity index (χ3n) is 7.37. The van der Waals surface area contributed by atoms with Crippen molar-refractivity contribution in [1.29, 1.82) is 0 Å². The number of aliphatic hydroxyl groups excluding tert-OH is 4. The number of aromatic nitrogens is 4. The Labute approximate surface area is 287 Å². The number of nitrogens with one attached hydrogen (secondary N) is 2. The monoisotopic (exact) mass is 726 g/mol. The van der Waals surface area contributed by atoms with Gasteiger partial charge in [0.1, 0.15) is 43.0 Å². The largest absolute Gasteiger partial charge is 0.476 e. The molecule has 278 valence electrons. The molecule has 1 aliphatic heterocycles. The van der Waals surface area contributed by atoms with Gasteiger partial charge in [0.25, 0.3) is 6.43 Å². The Hall–Kier alpha value is -5.06. The summed E-state index contributed by atoms with van der Waals surface area (Å²) in [5, 5.41) is 63.3. The second-order valence-electron chi connectivity index (χ2n) is 11.1. The number of alkyl halides is 2. The van der Waals surface area contributed by atoms with Gasteiger partial charge in [-0.3, -0.25) is 10.1 Å². The fourth-order valence-corrected chi connectivity index (χ4v) is 4.90. The van der Waals surface area contributed by atoms with Gasteiger partial charge in [0.2, 0.25) is 11.8 Å². The molecule has 2 aromatic heterocycles. The fraction of sp³-hybridized carbons (Fsp3) is 0.467. The molecule has 1 aliphatic rings. The van der Waals surface area contributed by atoms with Gasteiger partial charge in [-0.1, -0.05) is 5.21 Å². The number of carboxylic acids is 1. The van der Waals surface area contributed by atoms with Gasteiger partial charge in [0.15, 0.2) is 0 Å². The number of aliphatic carboxylic acids is 1. The number of carbonyl (C=O) groups excluding carboxylic acids is 2. The lowest BCUT2D eigenvalue weighted by Crippen LogP contribution is -2.68. The number of aliphatic hydroxyl groups is 4. The summed E-state index contributed by atoms with van der Waals surface area (Å²) < 4.78 is 56.1. The van der Waals surface area contributed by atoms with E-state index in [1.54, 1.807) is 0 Å². The number of halogens is 2. The van der Waals surface area contributed by atoms with Gasteiger partial charge in [-0.2, -0.15) is 0 Å². The molecule has 0 unspecified atom stereocenters. The predicted octanol–water partition coefficient (Wildman–Crippen LogP) is -0.0979. The zero-order valence-electron chi connectivity index (χ0n) is 27.1. The summed E-state index contributed by atoms with van der Waals surface area (Å²) in [5.74, 6) is -5.89. The number of carbonyl (C=O) groups is 3. The molecule has 0 spiro atoms. The number of hydrogen-bond acceptors (Lipinski definition) is 15. The van der Waals surface area contributed by atoms with Crippen LogP contribution >= 0.6 is 0 Å². The summed E-state index contributed by atoms with van der Waals surface area (Å²) in [4.78, 5) is 40.5. The molecule has 0 saturated carbocycles. The molecule has 7 N–H and O–H groups in total. The number of anilines is 1. The molecule has 4 rings (SSSR count). The smallest absolute Gasteiger partial charge is 0.412 e. The van der Waals surface area contributed by atoms with Crippen LogP contribution in [0.5, 0.6) is 11.6 Å². The predicted molar refractivity (Wildman–Crippen MR) is 165 cm³/mol. The summed E-state index contributed by atoms with van der Waals surface area (Å²) in [6, 6.07) is 4.70. The fourth-order valence-electron chi connectivity index (χ4n) is 4.90. The lowest BCUT2D eigenvalue weighted by atomic mass is 9.88. The highest BCUT2D eigenvalue weighted by molar-refractivity contribution is 5.84. The minimum absolute atomic E-state index is 0.0128. The molecule has 0 radical (unpaired) electrons. The number of benzene rings is 1. The van der Waals surface area contributed by atoms with E-state index in [4.69, 9.17) is 23.7 Å². The minimum Gasteiger partial charge on any atom is -0.476 e. The van der Waals surface area contributed by atoms with Crippen LogP contribution in [0.2, 0.25) is 0 Å². The molecule has 0 aliphatic carbocycles. The van der Waals surface area contributed by atoms with Crippen molar-refractivity contribution < 1.29 is 72.4 Å². The normalized spacial score (nSPS) is 21.4. The Morgan fingerprint density at radius 3 is 2.57 bits per heavy atom. The highest BCUT2D eigenvalue weighted by Crippen LogP contribution is 2.39. The van der Waals surface area contributed by atoms with E-state index in [1.807, 2.05) is 0 Å². The summed E-state index contributed by atoms with van der Waals surface area (Å²) >= 11 is 0. The molecule has 0 bridgehead atoms. The number of methoxy groups -OCH3 is 1. The molecule has 1 fully saturated rings. The highest BCUT2D eigenvalue weighted by atomic mass is 19.3. The molecule has 2 amide bonds. The molecular formula is C30H36F2N6O13. The summed E-state index contributed by atoms with van der Waals surface area (Å²) in [7, 11) is 1.53. The first-order valence-electron chi connectivity index (χ1n) is 15.1. The lowest BCUT2D eigenvalue weighted by Gasteiger charge is -2.46. The standard InChI is InChI=1S/C30H36F2N6O13/c1-15(40)34-24-20(41)10-30(28(44)45,51-26(24)25(43)21(42)13-39)50-22-5-4-18(9-19(22)27(31)32)38-12-17(36-37-38)14-49-29(46)35-16-3-6-23(33-11-16)48-8-7-47-2/h3-6,9,11-12,20-21,24-27,39,41-43H,7-8,10,13-14H2,1-2H3,(H,34,40)(H,35,46)(H,44,45)/t20-,21+,24+,25+,26+,30+/m0/s1. The molecule has 51 heavy (non-hydrogen) atoms. The zero-order chi connectivity index (χ0) is 37.3. The molecule has 21 heteroatoms. The Bertz CT molecular complexity index is 1650. The summed E-state index contributed by atoms with van der Waals surface area (Å²) in [5.41, 5.74) is -0.385. The van der Waals surface area contributed by atoms with Gasteiger partial charge in [-0.05, 0) is 24.3 Å². The van der Waals surface area contributed by atoms with E-state index in [0.29, 0.717) is 24.8 Å². The Morgan fingerprint density at radius 1 is 1.18 bits per heavy atom. The van der Waals surface area contributed by atoms with Crippen LogP contribution in [-0.2, 0) is 30.4 Å². The summed E-state index contributed by atoms with van der Waals surface area (Å²) in [6.45, 7) is 0.354. The van der Waals surface area contributed by atoms with E-state index in [1.165, 1.54) is 37.7 Å². The van der Waals surface area contributed by atoms with E-state index in [9.17, 15) is 48.7 Å². The quantitative estimate of drug-likeness (QED) is 0.0950. The van der Waals surface area contributed by atoms with Crippen LogP contribution in [0.25, 0.3) is 5.69 Å². The first kappa shape index (κ1) is 38.7. The molecule has 19 nitrogen and oxygen atoms in total. The molecule has 6 atom stereocenters. The molecule has 3 heterocycles. The molecule has 1 saturated heterocycles. The minimum atomic E-state index is -3.25. The van der Waals surface area contributed by atoms with Crippen LogP contribution in [0.1, 0.15) is 31.0 Å². The summed E-state index contributed by atoms with van der Waals surface area (Å²) in [6.07, 6.45) is -10.0. The topological polar surface area (TPSA) is 266 Å². The maximum absolute atomic E-state index is 14.3. The van der Waals surface area contributed by atoms with E-state index >= 15 is 0 Å². The van der Waals surface area contributed by atoms with Gasteiger partial charge in [-0.15, -0.1) is 5.10 Å². The van der Waals surface area contributed by atoms with Crippen molar-refractivity contribution in [2.24, 2.45) is 0 Å². The van der Waals surface area contributed by atoms with Crippen LogP contribution in [0.4, 0.5) is 19.3 Å². The average molecular weight is 727 g/mol. The van der Waals surface area contributed by atoms with Crippen molar-refractivity contribution in [3.05, 3.63) is 54.0 Å². The zero-order valence-corrected chi connectivity index (χ0v) is 27.1. The van der Waals surface area contributed by atoms with Crippen molar-refractivity contribution in [1.82, 2.24) is 25.3 Å². The number of ether oxygens (including phenoxy) is 5. The maximum atomic E-state index is 14.3. The number of pyridine rings is 1. The molecule has 3 aromatic rings. The van der Waals surface area contributed by atoms with Gasteiger partial charge in [0.05, 0.1) is 61.1 Å². The Morgan fingerprint density at radius 2 is 1.94 bits per heavy atom. The third-order valence-corrected chi connectivity index (χ3v) is 7.37. The van der Waals surface area contributed by atoms with Gasteiger partial charge >= 0.3 is 17.8 Å². The third kappa shape index (κ3) is 9.80. The number of nitrogens with zero attached hydrogens (tertiary/aromatic N) is 4. The van der Waals surface area contributed by atoms with E-state index in [-0.39, 0.29) is 18.0 Å². The van der Waals surface area contributed by atoms with E-state index in [2.05, 4.69) is 25.9 Å². The van der Waals surface area contributed by atoms with Gasteiger partial charge in [0, 0.05) is 20.1 Å². The number of amides is 2. The van der Waals surface area contributed by atoms with Gasteiger partial charge in [-0.25, -0.2) is 28.0 Å². The van der Waals surface area contributed by atoms with Crippen LogP contribution in [-0.4, -0.2) is 127 Å². The van der Waals surface area contributed by atoms with Crippen LogP contribution in [0.15, 0.2) is 42.7 Å². The number of rotatable bonds is 16. The van der Waals surface area contributed by atoms with Crippen molar-refractivity contribution >= 4 is 23.7 Å². The van der Waals surface area contributed by atoms with Crippen molar-refractivity contribution in [2.75, 3.05) is 32.2 Å². The Balaban J connectivity index is 1.48. The maximum Gasteiger partial charge on any atom is 0.412 e. The Kier molecular flexibility index (Phi) is 13.1. The first-order chi connectivity index (χ1) is 24.3. The van der Waals surface area contributed by atoms with E-state index < -0.39 is 85.0 Å². The van der Waals surface area contributed by atoms with Crippen LogP contribution < -0.4 is 20.1 Å². The van der Waals surface area contributed by atoms with Crippen molar-refractivity contribution in [3.8, 4) is 17.3 Å².